The van der Waals surface area contributed by atoms with Crippen LogP contribution in [0, 0.1) is 5.92 Å². The largest absolute Gasteiger partial charge is 0.330 e. The predicted octanol–water partition coefficient (Wildman–Crippen LogP) is 0.563. The third-order valence-electron chi connectivity index (χ3n) is 2.87. The molecule has 1 aliphatic heterocycles. The van der Waals surface area contributed by atoms with Gasteiger partial charge >= 0.3 is 0 Å². The van der Waals surface area contributed by atoms with Crippen molar-refractivity contribution in [3.63, 3.8) is 0 Å². The number of rotatable bonds is 5. The lowest BCUT2D eigenvalue weighted by atomic mass is 9.95. The van der Waals surface area contributed by atoms with Crippen molar-refractivity contribution >= 4 is 10.0 Å². The lowest BCUT2D eigenvalue weighted by molar-refractivity contribution is 0.266. The quantitative estimate of drug-likeness (QED) is 0.705. The molecule has 1 aliphatic rings. The first-order valence-corrected chi connectivity index (χ1v) is 7.00. The highest BCUT2D eigenvalue weighted by Gasteiger charge is 2.26. The maximum atomic E-state index is 11.7. The maximum Gasteiger partial charge on any atom is 0.217 e. The van der Waals surface area contributed by atoms with Crippen LogP contribution in [0.5, 0.6) is 0 Å². The molecule has 1 saturated heterocycles. The van der Waals surface area contributed by atoms with Gasteiger partial charge in [-0.15, -0.1) is 6.58 Å². The van der Waals surface area contributed by atoms with Gasteiger partial charge in [-0.3, -0.25) is 0 Å². The molecule has 88 valence electrons. The maximum absolute atomic E-state index is 11.7. The van der Waals surface area contributed by atoms with E-state index < -0.39 is 10.0 Å². The second kappa shape index (κ2) is 5.63. The summed E-state index contributed by atoms with van der Waals surface area (Å²) in [5.41, 5.74) is 5.48. The lowest BCUT2D eigenvalue weighted by Gasteiger charge is -2.30. The highest BCUT2D eigenvalue weighted by atomic mass is 32.2. The average Bonchev–Trinajstić information content (AvgIpc) is 2.19. The van der Waals surface area contributed by atoms with Crippen LogP contribution in [0.3, 0.4) is 0 Å². The van der Waals surface area contributed by atoms with Gasteiger partial charge in [0.1, 0.15) is 0 Å². The van der Waals surface area contributed by atoms with E-state index in [1.54, 1.807) is 4.31 Å². The molecule has 15 heavy (non-hydrogen) atoms. The molecule has 0 aromatic carbocycles. The molecule has 0 spiro atoms. The zero-order valence-corrected chi connectivity index (χ0v) is 9.88. The van der Waals surface area contributed by atoms with E-state index >= 15 is 0 Å². The number of nitrogens with zero attached hydrogens (tertiary/aromatic N) is 1. The van der Waals surface area contributed by atoms with Crippen LogP contribution in [0.25, 0.3) is 0 Å². The SMILES string of the molecule is C=CCS(=O)(=O)N1CCC(CCN)CC1. The average molecular weight is 232 g/mol. The van der Waals surface area contributed by atoms with Gasteiger partial charge in [0.15, 0.2) is 0 Å². The third kappa shape index (κ3) is 3.59. The normalized spacial score (nSPS) is 20.3. The Kier molecular flexibility index (Phi) is 4.76. The van der Waals surface area contributed by atoms with Crippen LogP contribution >= 0.6 is 0 Å². The van der Waals surface area contributed by atoms with E-state index in [-0.39, 0.29) is 5.75 Å². The minimum atomic E-state index is -3.09. The summed E-state index contributed by atoms with van der Waals surface area (Å²) in [4.78, 5) is 0. The summed E-state index contributed by atoms with van der Waals surface area (Å²) >= 11 is 0. The van der Waals surface area contributed by atoms with E-state index in [1.807, 2.05) is 0 Å². The fraction of sp³-hybridized carbons (Fsp3) is 0.800. The number of hydrogen-bond acceptors (Lipinski definition) is 3. The van der Waals surface area contributed by atoms with E-state index in [9.17, 15) is 8.42 Å². The summed E-state index contributed by atoms with van der Waals surface area (Å²) in [6.07, 6.45) is 4.33. The van der Waals surface area contributed by atoms with Gasteiger partial charge in [-0.25, -0.2) is 12.7 Å². The Hall–Kier alpha value is -0.390. The van der Waals surface area contributed by atoms with E-state index in [0.29, 0.717) is 25.6 Å². The third-order valence-corrected chi connectivity index (χ3v) is 4.68. The van der Waals surface area contributed by atoms with Crippen molar-refractivity contribution in [3.05, 3.63) is 12.7 Å². The number of piperidine rings is 1. The Bertz CT molecular complexity index is 293. The second-order valence-electron chi connectivity index (χ2n) is 3.99. The van der Waals surface area contributed by atoms with Crippen LogP contribution in [0.15, 0.2) is 12.7 Å². The molecular formula is C10H20N2O2S. The monoisotopic (exact) mass is 232 g/mol. The minimum Gasteiger partial charge on any atom is -0.330 e. The molecule has 2 N–H and O–H groups in total. The predicted molar refractivity (Wildman–Crippen MR) is 62.0 cm³/mol. The van der Waals surface area contributed by atoms with Crippen molar-refractivity contribution in [2.75, 3.05) is 25.4 Å². The van der Waals surface area contributed by atoms with Crippen molar-refractivity contribution in [2.24, 2.45) is 11.7 Å². The molecule has 1 fully saturated rings. The summed E-state index contributed by atoms with van der Waals surface area (Å²) in [6, 6.07) is 0. The fourth-order valence-electron chi connectivity index (χ4n) is 1.97. The zero-order valence-electron chi connectivity index (χ0n) is 9.06. The summed E-state index contributed by atoms with van der Waals surface area (Å²) in [5.74, 6) is 0.652. The van der Waals surface area contributed by atoms with Gasteiger partial charge in [-0.05, 0) is 31.7 Å². The van der Waals surface area contributed by atoms with Crippen LogP contribution in [0.1, 0.15) is 19.3 Å². The summed E-state index contributed by atoms with van der Waals surface area (Å²) in [7, 11) is -3.09. The Morgan fingerprint density at radius 2 is 2.00 bits per heavy atom. The van der Waals surface area contributed by atoms with Gasteiger partial charge in [-0.2, -0.15) is 0 Å². The van der Waals surface area contributed by atoms with Crippen molar-refractivity contribution in [1.82, 2.24) is 4.31 Å². The first-order chi connectivity index (χ1) is 7.10. The smallest absolute Gasteiger partial charge is 0.217 e. The molecule has 1 rings (SSSR count). The molecule has 0 unspecified atom stereocenters. The fourth-order valence-corrected chi connectivity index (χ4v) is 3.24. The lowest BCUT2D eigenvalue weighted by Crippen LogP contribution is -2.39. The van der Waals surface area contributed by atoms with E-state index in [0.717, 1.165) is 19.3 Å². The number of nitrogens with two attached hydrogens (primary N) is 1. The topological polar surface area (TPSA) is 63.4 Å². The van der Waals surface area contributed by atoms with Gasteiger partial charge in [0.25, 0.3) is 0 Å². The molecule has 0 aromatic heterocycles. The minimum absolute atomic E-state index is 0.0502. The van der Waals surface area contributed by atoms with E-state index in [2.05, 4.69) is 6.58 Å². The van der Waals surface area contributed by atoms with Crippen LogP contribution in [0.4, 0.5) is 0 Å². The second-order valence-corrected chi connectivity index (χ2v) is 6.00. The van der Waals surface area contributed by atoms with Crippen molar-refractivity contribution in [2.45, 2.75) is 19.3 Å². The summed E-state index contributed by atoms with van der Waals surface area (Å²) in [5, 5.41) is 0. The highest BCUT2D eigenvalue weighted by Crippen LogP contribution is 2.21. The zero-order chi connectivity index (χ0) is 11.3. The Morgan fingerprint density at radius 3 is 2.47 bits per heavy atom. The highest BCUT2D eigenvalue weighted by molar-refractivity contribution is 7.89. The Balaban J connectivity index is 2.46. The van der Waals surface area contributed by atoms with Gasteiger partial charge in [0.2, 0.25) is 10.0 Å². The number of sulfonamides is 1. The molecule has 0 amide bonds. The first kappa shape index (κ1) is 12.7. The molecule has 0 saturated carbocycles. The molecule has 0 aromatic rings. The standard InChI is InChI=1S/C10H20N2O2S/c1-2-9-15(13,14)12-7-4-10(3-6-11)5-8-12/h2,10H,1,3-9,11H2. The van der Waals surface area contributed by atoms with Gasteiger partial charge < -0.3 is 5.73 Å². The van der Waals surface area contributed by atoms with Crippen molar-refractivity contribution in [1.29, 1.82) is 0 Å². The van der Waals surface area contributed by atoms with Gasteiger partial charge in [-0.1, -0.05) is 6.08 Å². The van der Waals surface area contributed by atoms with Crippen molar-refractivity contribution in [3.8, 4) is 0 Å². The molecule has 5 heteroatoms. The number of hydrogen-bond donors (Lipinski definition) is 1. The van der Waals surface area contributed by atoms with Crippen molar-refractivity contribution < 1.29 is 8.42 Å². The van der Waals surface area contributed by atoms with Crippen LogP contribution < -0.4 is 5.73 Å². The Labute approximate surface area is 92.2 Å². The van der Waals surface area contributed by atoms with Gasteiger partial charge in [0, 0.05) is 13.1 Å². The molecular weight excluding hydrogens is 212 g/mol. The molecule has 4 nitrogen and oxygen atoms in total. The molecule has 1 heterocycles. The van der Waals surface area contributed by atoms with Gasteiger partial charge in [0.05, 0.1) is 5.75 Å². The van der Waals surface area contributed by atoms with Crippen LogP contribution in [-0.2, 0) is 10.0 Å². The summed E-state index contributed by atoms with van der Waals surface area (Å²) < 4.78 is 24.9. The Morgan fingerprint density at radius 1 is 1.40 bits per heavy atom. The summed E-state index contributed by atoms with van der Waals surface area (Å²) in [6.45, 7) is 5.44. The van der Waals surface area contributed by atoms with E-state index in [1.165, 1.54) is 6.08 Å². The van der Waals surface area contributed by atoms with Crippen LogP contribution in [0.2, 0.25) is 0 Å². The van der Waals surface area contributed by atoms with E-state index in [4.69, 9.17) is 5.73 Å². The molecule has 0 aliphatic carbocycles. The molecule has 0 bridgehead atoms. The molecule has 0 atom stereocenters. The van der Waals surface area contributed by atoms with Crippen LogP contribution in [-0.4, -0.2) is 38.1 Å². The first-order valence-electron chi connectivity index (χ1n) is 5.39. The molecule has 0 radical (unpaired) electrons.